The molecule has 6 nitrogen and oxygen atoms in total. The lowest BCUT2D eigenvalue weighted by atomic mass is 9.94. The lowest BCUT2D eigenvalue weighted by Gasteiger charge is -2.32. The van der Waals surface area contributed by atoms with Crippen molar-refractivity contribution < 1.29 is 14.4 Å². The summed E-state index contributed by atoms with van der Waals surface area (Å²) in [5, 5.41) is 5.97. The summed E-state index contributed by atoms with van der Waals surface area (Å²) in [6.45, 7) is 8.11. The van der Waals surface area contributed by atoms with E-state index >= 15 is 0 Å². The van der Waals surface area contributed by atoms with Crippen LogP contribution in [0.5, 0.6) is 0 Å². The van der Waals surface area contributed by atoms with Crippen LogP contribution in [0.25, 0.3) is 0 Å². The number of rotatable bonds is 8. The summed E-state index contributed by atoms with van der Waals surface area (Å²) >= 11 is 0. The molecule has 1 saturated carbocycles. The first kappa shape index (κ1) is 19.7. The summed E-state index contributed by atoms with van der Waals surface area (Å²) in [6, 6.07) is 0.179. The van der Waals surface area contributed by atoms with Gasteiger partial charge in [0.1, 0.15) is 0 Å². The van der Waals surface area contributed by atoms with E-state index in [1.807, 2.05) is 11.8 Å². The molecule has 1 saturated heterocycles. The Kier molecular flexibility index (Phi) is 7.26. The molecule has 0 aromatic rings. The smallest absolute Gasteiger partial charge is 0.223 e. The minimum Gasteiger partial charge on any atom is -0.356 e. The summed E-state index contributed by atoms with van der Waals surface area (Å²) in [5.41, 5.74) is 0. The van der Waals surface area contributed by atoms with Gasteiger partial charge in [-0.05, 0) is 44.9 Å². The van der Waals surface area contributed by atoms with Gasteiger partial charge in [-0.2, -0.15) is 0 Å². The van der Waals surface area contributed by atoms with Gasteiger partial charge in [0.2, 0.25) is 17.7 Å². The molecule has 0 aromatic carbocycles. The normalized spacial score (nSPS) is 19.6. The van der Waals surface area contributed by atoms with Crippen LogP contribution in [0.4, 0.5) is 0 Å². The Bertz CT molecular complexity index is 480. The van der Waals surface area contributed by atoms with Gasteiger partial charge in [0, 0.05) is 43.9 Å². The molecular formula is C19H33N3O3. The van der Waals surface area contributed by atoms with Crippen molar-refractivity contribution >= 4 is 17.7 Å². The van der Waals surface area contributed by atoms with Crippen molar-refractivity contribution in [3.05, 3.63) is 0 Å². The van der Waals surface area contributed by atoms with Crippen molar-refractivity contribution in [1.29, 1.82) is 0 Å². The Morgan fingerprint density at radius 1 is 0.960 bits per heavy atom. The Hall–Kier alpha value is -1.59. The summed E-state index contributed by atoms with van der Waals surface area (Å²) < 4.78 is 0. The molecule has 0 aromatic heterocycles. The van der Waals surface area contributed by atoms with Crippen LogP contribution in [0, 0.1) is 17.8 Å². The third kappa shape index (κ3) is 6.33. The Morgan fingerprint density at radius 3 is 2.12 bits per heavy atom. The number of hydrogen-bond acceptors (Lipinski definition) is 3. The Morgan fingerprint density at radius 2 is 1.56 bits per heavy atom. The number of likely N-dealkylation sites (tertiary alicyclic amines) is 1. The Labute approximate surface area is 151 Å². The predicted molar refractivity (Wildman–Crippen MR) is 96.7 cm³/mol. The van der Waals surface area contributed by atoms with Gasteiger partial charge < -0.3 is 15.5 Å². The average Bonchev–Trinajstić information content (AvgIpc) is 3.43. The van der Waals surface area contributed by atoms with Crippen LogP contribution in [0.1, 0.15) is 59.3 Å². The van der Waals surface area contributed by atoms with Crippen LogP contribution in [-0.4, -0.2) is 48.3 Å². The van der Waals surface area contributed by atoms with E-state index in [4.69, 9.17) is 0 Å². The monoisotopic (exact) mass is 351 g/mol. The molecule has 1 heterocycles. The number of carbonyl (C=O) groups excluding carboxylic acids is 3. The minimum absolute atomic E-state index is 0.0167. The molecule has 1 atom stereocenters. The van der Waals surface area contributed by atoms with E-state index in [0.717, 1.165) is 25.7 Å². The number of piperidine rings is 1. The molecule has 0 radical (unpaired) electrons. The third-order valence-corrected chi connectivity index (χ3v) is 5.40. The highest BCUT2D eigenvalue weighted by atomic mass is 16.2. The molecule has 0 bridgehead atoms. The highest BCUT2D eigenvalue weighted by Crippen LogP contribution is 2.28. The lowest BCUT2D eigenvalue weighted by molar-refractivity contribution is -0.136. The minimum atomic E-state index is 0.0167. The molecule has 25 heavy (non-hydrogen) atoms. The van der Waals surface area contributed by atoms with Crippen molar-refractivity contribution in [2.75, 3.05) is 19.6 Å². The summed E-state index contributed by atoms with van der Waals surface area (Å²) in [7, 11) is 0. The van der Waals surface area contributed by atoms with E-state index in [1.54, 1.807) is 0 Å². The molecule has 2 N–H and O–H groups in total. The van der Waals surface area contributed by atoms with Gasteiger partial charge in [0.25, 0.3) is 0 Å². The summed E-state index contributed by atoms with van der Waals surface area (Å²) in [6.07, 6.45) is 4.63. The molecule has 6 heteroatoms. The number of carbonyl (C=O) groups is 3. The van der Waals surface area contributed by atoms with Crippen molar-refractivity contribution in [3.8, 4) is 0 Å². The van der Waals surface area contributed by atoms with Gasteiger partial charge in [-0.15, -0.1) is 0 Å². The second-order valence-corrected chi connectivity index (χ2v) is 7.87. The fourth-order valence-electron chi connectivity index (χ4n) is 3.00. The molecule has 2 rings (SSSR count). The SMILES string of the molecule is CC(C)C(C)NC(=O)C1CCN(C(=O)CCCNC(=O)C2CC2)CC1. The van der Waals surface area contributed by atoms with Crippen LogP contribution in [-0.2, 0) is 14.4 Å². The van der Waals surface area contributed by atoms with E-state index in [0.29, 0.717) is 38.4 Å². The number of hydrogen-bond donors (Lipinski definition) is 2. The van der Waals surface area contributed by atoms with E-state index in [9.17, 15) is 14.4 Å². The zero-order valence-corrected chi connectivity index (χ0v) is 15.8. The van der Waals surface area contributed by atoms with E-state index in [-0.39, 0.29) is 35.6 Å². The first-order valence-corrected chi connectivity index (χ1v) is 9.74. The third-order valence-electron chi connectivity index (χ3n) is 5.40. The van der Waals surface area contributed by atoms with Gasteiger partial charge in [-0.1, -0.05) is 13.8 Å². The van der Waals surface area contributed by atoms with Crippen LogP contribution in [0.2, 0.25) is 0 Å². The molecule has 1 unspecified atom stereocenters. The van der Waals surface area contributed by atoms with Gasteiger partial charge in [-0.25, -0.2) is 0 Å². The summed E-state index contributed by atoms with van der Waals surface area (Å²) in [4.78, 5) is 37.9. The molecule has 1 aliphatic heterocycles. The maximum Gasteiger partial charge on any atom is 0.223 e. The standard InChI is InChI=1S/C19H33N3O3/c1-13(2)14(3)21-19(25)16-8-11-22(12-9-16)17(23)5-4-10-20-18(24)15-6-7-15/h13-16H,4-12H2,1-3H3,(H,20,24)(H,21,25). The lowest BCUT2D eigenvalue weighted by Crippen LogP contribution is -2.45. The largest absolute Gasteiger partial charge is 0.356 e. The highest BCUT2D eigenvalue weighted by Gasteiger charge is 2.30. The Balaban J connectivity index is 1.60. The van der Waals surface area contributed by atoms with Gasteiger partial charge in [0.05, 0.1) is 0 Å². The molecule has 2 aliphatic rings. The van der Waals surface area contributed by atoms with E-state index < -0.39 is 0 Å². The van der Waals surface area contributed by atoms with E-state index in [1.165, 1.54) is 0 Å². The molecule has 2 fully saturated rings. The maximum absolute atomic E-state index is 12.3. The molecule has 1 aliphatic carbocycles. The van der Waals surface area contributed by atoms with Crippen LogP contribution in [0.15, 0.2) is 0 Å². The van der Waals surface area contributed by atoms with Crippen molar-refractivity contribution in [2.24, 2.45) is 17.8 Å². The molecule has 0 spiro atoms. The molecular weight excluding hydrogens is 318 g/mol. The number of amides is 3. The first-order chi connectivity index (χ1) is 11.9. The quantitative estimate of drug-likeness (QED) is 0.653. The van der Waals surface area contributed by atoms with Crippen LogP contribution in [0.3, 0.4) is 0 Å². The van der Waals surface area contributed by atoms with Crippen molar-refractivity contribution in [2.45, 2.75) is 65.3 Å². The second-order valence-electron chi connectivity index (χ2n) is 7.87. The van der Waals surface area contributed by atoms with Crippen molar-refractivity contribution in [3.63, 3.8) is 0 Å². The predicted octanol–water partition coefficient (Wildman–Crippen LogP) is 1.69. The average molecular weight is 351 g/mol. The maximum atomic E-state index is 12.3. The zero-order valence-electron chi connectivity index (χ0n) is 15.8. The molecule has 142 valence electrons. The molecule has 3 amide bonds. The zero-order chi connectivity index (χ0) is 18.4. The highest BCUT2D eigenvalue weighted by molar-refractivity contribution is 5.81. The van der Waals surface area contributed by atoms with Gasteiger partial charge >= 0.3 is 0 Å². The fraction of sp³-hybridized carbons (Fsp3) is 0.842. The number of nitrogens with one attached hydrogen (secondary N) is 2. The van der Waals surface area contributed by atoms with E-state index in [2.05, 4.69) is 24.5 Å². The van der Waals surface area contributed by atoms with Crippen LogP contribution < -0.4 is 10.6 Å². The topological polar surface area (TPSA) is 78.5 Å². The van der Waals surface area contributed by atoms with Gasteiger partial charge in [0.15, 0.2) is 0 Å². The first-order valence-electron chi connectivity index (χ1n) is 9.74. The van der Waals surface area contributed by atoms with Crippen molar-refractivity contribution in [1.82, 2.24) is 15.5 Å². The number of nitrogens with zero attached hydrogens (tertiary/aromatic N) is 1. The fourth-order valence-corrected chi connectivity index (χ4v) is 3.00. The second kappa shape index (κ2) is 9.20. The summed E-state index contributed by atoms with van der Waals surface area (Å²) in [5.74, 6) is 1.05. The van der Waals surface area contributed by atoms with Gasteiger partial charge in [-0.3, -0.25) is 14.4 Å². The van der Waals surface area contributed by atoms with Crippen LogP contribution >= 0.6 is 0 Å².